The summed E-state index contributed by atoms with van der Waals surface area (Å²) < 4.78 is 9.86. The van der Waals surface area contributed by atoms with Crippen molar-refractivity contribution in [2.75, 3.05) is 14.2 Å². The van der Waals surface area contributed by atoms with Crippen molar-refractivity contribution in [1.29, 1.82) is 0 Å². The molecule has 1 aromatic carbocycles. The van der Waals surface area contributed by atoms with E-state index in [1.807, 2.05) is 0 Å². The van der Waals surface area contributed by atoms with E-state index >= 15 is 0 Å². The van der Waals surface area contributed by atoms with Gasteiger partial charge in [-0.1, -0.05) is 17.7 Å². The van der Waals surface area contributed by atoms with Crippen molar-refractivity contribution in [3.8, 4) is 16.3 Å². The summed E-state index contributed by atoms with van der Waals surface area (Å²) in [5.41, 5.74) is 0.946. The summed E-state index contributed by atoms with van der Waals surface area (Å²) in [5, 5.41) is 2.78. The zero-order valence-corrected chi connectivity index (χ0v) is 11.3. The summed E-state index contributed by atoms with van der Waals surface area (Å²) in [5.74, 6) is 0.150. The Morgan fingerprint density at radius 2 is 2.17 bits per heavy atom. The normalized spacial score (nSPS) is 10.2. The molecule has 0 aliphatic heterocycles. The highest BCUT2D eigenvalue weighted by molar-refractivity contribution is 7.13. The van der Waals surface area contributed by atoms with Crippen molar-refractivity contribution < 1.29 is 14.3 Å². The number of esters is 1. The third-order valence-electron chi connectivity index (χ3n) is 2.31. The molecule has 0 aliphatic rings. The number of thiazole rings is 1. The summed E-state index contributed by atoms with van der Waals surface area (Å²) >= 11 is 7.45. The van der Waals surface area contributed by atoms with Crippen LogP contribution in [0.4, 0.5) is 0 Å². The van der Waals surface area contributed by atoms with Gasteiger partial charge in [0.2, 0.25) is 0 Å². The van der Waals surface area contributed by atoms with Crippen molar-refractivity contribution in [1.82, 2.24) is 4.98 Å². The average Bonchev–Trinajstić information content (AvgIpc) is 2.86. The van der Waals surface area contributed by atoms with Gasteiger partial charge in [0, 0.05) is 5.38 Å². The Labute approximate surface area is 113 Å². The zero-order chi connectivity index (χ0) is 13.1. The predicted octanol–water partition coefficient (Wildman–Crippen LogP) is 3.26. The molecule has 0 radical (unpaired) electrons. The minimum absolute atomic E-state index is 0.263. The highest BCUT2D eigenvalue weighted by atomic mass is 35.5. The molecule has 0 bridgehead atoms. The molecule has 4 nitrogen and oxygen atoms in total. The quantitative estimate of drug-likeness (QED) is 0.811. The van der Waals surface area contributed by atoms with Gasteiger partial charge in [-0.3, -0.25) is 0 Å². The first-order valence-corrected chi connectivity index (χ1v) is 6.30. The van der Waals surface area contributed by atoms with Gasteiger partial charge in [-0.15, -0.1) is 11.3 Å². The Morgan fingerprint density at radius 1 is 1.39 bits per heavy atom. The molecule has 0 amide bonds. The molecule has 0 fully saturated rings. The van der Waals surface area contributed by atoms with Gasteiger partial charge in [0.15, 0.2) is 5.69 Å². The van der Waals surface area contributed by atoms with Crippen LogP contribution in [0.3, 0.4) is 0 Å². The van der Waals surface area contributed by atoms with Crippen molar-refractivity contribution in [3.63, 3.8) is 0 Å². The molecule has 0 unspecified atom stereocenters. The maximum Gasteiger partial charge on any atom is 0.357 e. The fraction of sp³-hybridized carbons (Fsp3) is 0.167. The van der Waals surface area contributed by atoms with E-state index in [0.29, 0.717) is 21.3 Å². The second-order valence-electron chi connectivity index (χ2n) is 3.35. The average molecular weight is 284 g/mol. The SMILES string of the molecule is COC(=O)c1csc(-c2c(Cl)cccc2OC)n1. The lowest BCUT2D eigenvalue weighted by Gasteiger charge is -2.07. The van der Waals surface area contributed by atoms with Gasteiger partial charge < -0.3 is 9.47 Å². The molecule has 1 aromatic heterocycles. The third-order valence-corrected chi connectivity index (χ3v) is 3.48. The van der Waals surface area contributed by atoms with Crippen LogP contribution in [0.25, 0.3) is 10.6 Å². The molecule has 94 valence electrons. The fourth-order valence-corrected chi connectivity index (χ4v) is 2.63. The summed E-state index contributed by atoms with van der Waals surface area (Å²) in [6.07, 6.45) is 0. The minimum Gasteiger partial charge on any atom is -0.496 e. The summed E-state index contributed by atoms with van der Waals surface area (Å²) in [6.45, 7) is 0. The molecular weight excluding hydrogens is 274 g/mol. The van der Waals surface area contributed by atoms with E-state index in [0.717, 1.165) is 0 Å². The molecule has 0 saturated heterocycles. The number of hydrogen-bond donors (Lipinski definition) is 0. The minimum atomic E-state index is -0.469. The van der Waals surface area contributed by atoms with Gasteiger partial charge in [-0.05, 0) is 12.1 Å². The molecule has 0 saturated carbocycles. The van der Waals surface area contributed by atoms with E-state index in [-0.39, 0.29) is 5.69 Å². The van der Waals surface area contributed by atoms with Gasteiger partial charge in [0.25, 0.3) is 0 Å². The van der Waals surface area contributed by atoms with Crippen LogP contribution in [-0.2, 0) is 4.74 Å². The monoisotopic (exact) mass is 283 g/mol. The first-order valence-electron chi connectivity index (χ1n) is 5.04. The largest absolute Gasteiger partial charge is 0.496 e. The lowest BCUT2D eigenvalue weighted by Crippen LogP contribution is -2.01. The topological polar surface area (TPSA) is 48.4 Å². The van der Waals surface area contributed by atoms with Crippen LogP contribution in [0.5, 0.6) is 5.75 Å². The standard InChI is InChI=1S/C12H10ClNO3S/c1-16-9-5-3-4-7(13)10(9)11-14-8(6-18-11)12(15)17-2/h3-6H,1-2H3. The fourth-order valence-electron chi connectivity index (χ4n) is 1.47. The first-order chi connectivity index (χ1) is 8.67. The number of hydrogen-bond acceptors (Lipinski definition) is 5. The van der Waals surface area contributed by atoms with E-state index in [1.165, 1.54) is 18.4 Å². The first kappa shape index (κ1) is 12.9. The Kier molecular flexibility index (Phi) is 3.84. The molecule has 0 atom stereocenters. The number of nitrogens with zero attached hydrogens (tertiary/aromatic N) is 1. The molecule has 2 aromatic rings. The Balaban J connectivity index is 2.49. The van der Waals surface area contributed by atoms with E-state index in [9.17, 15) is 4.79 Å². The maximum absolute atomic E-state index is 11.4. The van der Waals surface area contributed by atoms with Crippen molar-refractivity contribution >= 4 is 28.9 Å². The number of carbonyl (C=O) groups excluding carboxylic acids is 1. The van der Waals surface area contributed by atoms with E-state index in [4.69, 9.17) is 16.3 Å². The highest BCUT2D eigenvalue weighted by Gasteiger charge is 2.17. The smallest absolute Gasteiger partial charge is 0.357 e. The number of benzene rings is 1. The van der Waals surface area contributed by atoms with Crippen molar-refractivity contribution in [2.24, 2.45) is 0 Å². The summed E-state index contributed by atoms with van der Waals surface area (Å²) in [7, 11) is 2.88. The number of ether oxygens (including phenoxy) is 2. The summed E-state index contributed by atoms with van der Waals surface area (Å²) in [4.78, 5) is 15.6. The zero-order valence-electron chi connectivity index (χ0n) is 9.77. The number of methoxy groups -OCH3 is 2. The van der Waals surface area contributed by atoms with Crippen LogP contribution >= 0.6 is 22.9 Å². The molecule has 1 heterocycles. The number of rotatable bonds is 3. The molecule has 0 aliphatic carbocycles. The Hall–Kier alpha value is -1.59. The second kappa shape index (κ2) is 5.37. The van der Waals surface area contributed by atoms with Crippen LogP contribution in [0.15, 0.2) is 23.6 Å². The van der Waals surface area contributed by atoms with Crippen molar-refractivity contribution in [2.45, 2.75) is 0 Å². The van der Waals surface area contributed by atoms with E-state index in [2.05, 4.69) is 9.72 Å². The molecule has 6 heteroatoms. The lowest BCUT2D eigenvalue weighted by atomic mass is 10.2. The van der Waals surface area contributed by atoms with Gasteiger partial charge in [-0.2, -0.15) is 0 Å². The van der Waals surface area contributed by atoms with Gasteiger partial charge in [0.1, 0.15) is 10.8 Å². The van der Waals surface area contributed by atoms with Crippen LogP contribution in [0.2, 0.25) is 5.02 Å². The molecule has 0 N–H and O–H groups in total. The maximum atomic E-state index is 11.4. The number of aromatic nitrogens is 1. The van der Waals surface area contributed by atoms with Gasteiger partial charge >= 0.3 is 5.97 Å². The van der Waals surface area contributed by atoms with Crippen LogP contribution in [0, 0.1) is 0 Å². The predicted molar refractivity (Wildman–Crippen MR) is 70.5 cm³/mol. The highest BCUT2D eigenvalue weighted by Crippen LogP contribution is 2.37. The lowest BCUT2D eigenvalue weighted by molar-refractivity contribution is 0.0595. The summed E-state index contributed by atoms with van der Waals surface area (Å²) in [6, 6.07) is 5.33. The van der Waals surface area contributed by atoms with E-state index < -0.39 is 5.97 Å². The van der Waals surface area contributed by atoms with Crippen LogP contribution < -0.4 is 4.74 Å². The Bertz CT molecular complexity index is 582. The van der Waals surface area contributed by atoms with Gasteiger partial charge in [-0.25, -0.2) is 9.78 Å². The molecule has 18 heavy (non-hydrogen) atoms. The molecule has 0 spiro atoms. The van der Waals surface area contributed by atoms with E-state index in [1.54, 1.807) is 30.7 Å². The van der Waals surface area contributed by atoms with Gasteiger partial charge in [0.05, 0.1) is 24.8 Å². The van der Waals surface area contributed by atoms with Crippen LogP contribution in [0.1, 0.15) is 10.5 Å². The number of halogens is 1. The van der Waals surface area contributed by atoms with Crippen molar-refractivity contribution in [3.05, 3.63) is 34.3 Å². The molecule has 2 rings (SSSR count). The third kappa shape index (κ3) is 2.32. The molecular formula is C12H10ClNO3S. The Morgan fingerprint density at radius 3 is 2.83 bits per heavy atom. The number of carbonyl (C=O) groups is 1. The van der Waals surface area contributed by atoms with Crippen LogP contribution in [-0.4, -0.2) is 25.2 Å². The second-order valence-corrected chi connectivity index (χ2v) is 4.61.